The van der Waals surface area contributed by atoms with E-state index in [1.165, 1.54) is 12.1 Å². The number of hydrogen-bond donors (Lipinski definition) is 1. The van der Waals surface area contributed by atoms with Gasteiger partial charge < -0.3 is 14.8 Å². The molecule has 0 aliphatic carbocycles. The molecular formula is C18H17FN2O2S. The average Bonchev–Trinajstić information content (AvgIpc) is 2.53. The maximum absolute atomic E-state index is 13.7. The van der Waals surface area contributed by atoms with E-state index < -0.39 is 5.72 Å². The molecule has 1 fully saturated rings. The third kappa shape index (κ3) is 2.21. The van der Waals surface area contributed by atoms with Crippen LogP contribution in [-0.2, 0) is 0 Å². The van der Waals surface area contributed by atoms with Crippen LogP contribution in [0.4, 0.5) is 10.1 Å². The molecule has 6 heteroatoms. The number of ether oxygens (including phenoxy) is 2. The lowest BCUT2D eigenvalue weighted by atomic mass is 9.90. The number of para-hydroxylation sites is 1. The smallest absolute Gasteiger partial charge is 0.188 e. The van der Waals surface area contributed by atoms with Gasteiger partial charge in [0.1, 0.15) is 5.82 Å². The van der Waals surface area contributed by atoms with E-state index >= 15 is 0 Å². The zero-order valence-corrected chi connectivity index (χ0v) is 14.2. The lowest BCUT2D eigenvalue weighted by Crippen LogP contribution is -2.65. The van der Waals surface area contributed by atoms with Crippen LogP contribution in [-0.4, -0.2) is 17.9 Å². The minimum atomic E-state index is -0.720. The Morgan fingerprint density at radius 2 is 2.12 bits per heavy atom. The largest absolute Gasteiger partial charge is 0.493 e. The first-order valence-electron chi connectivity index (χ1n) is 7.74. The van der Waals surface area contributed by atoms with Crippen LogP contribution in [0.5, 0.6) is 11.5 Å². The molecule has 2 bridgehead atoms. The minimum absolute atomic E-state index is 0.0335. The molecule has 2 aliphatic heterocycles. The Morgan fingerprint density at radius 3 is 2.88 bits per heavy atom. The fraction of sp³-hybridized carbons (Fsp3) is 0.278. The van der Waals surface area contributed by atoms with Gasteiger partial charge in [-0.1, -0.05) is 18.2 Å². The molecule has 1 N–H and O–H groups in total. The van der Waals surface area contributed by atoms with E-state index in [0.717, 1.165) is 5.56 Å². The van der Waals surface area contributed by atoms with Gasteiger partial charge in [-0.25, -0.2) is 4.39 Å². The quantitative estimate of drug-likeness (QED) is 0.839. The van der Waals surface area contributed by atoms with Crippen molar-refractivity contribution in [1.29, 1.82) is 0 Å². The molecule has 0 spiro atoms. The first kappa shape index (κ1) is 15.2. The summed E-state index contributed by atoms with van der Waals surface area (Å²) < 4.78 is 25.5. The molecule has 2 aliphatic rings. The second-order valence-electron chi connectivity index (χ2n) is 6.18. The Bertz CT molecular complexity index is 828. The van der Waals surface area contributed by atoms with Crippen molar-refractivity contribution in [3.05, 3.63) is 53.8 Å². The van der Waals surface area contributed by atoms with E-state index in [0.29, 0.717) is 28.7 Å². The van der Waals surface area contributed by atoms with E-state index in [9.17, 15) is 4.39 Å². The molecule has 0 amide bonds. The fourth-order valence-corrected chi connectivity index (χ4v) is 3.97. The highest BCUT2D eigenvalue weighted by molar-refractivity contribution is 7.80. The van der Waals surface area contributed by atoms with E-state index in [-0.39, 0.29) is 11.9 Å². The number of rotatable bonds is 2. The van der Waals surface area contributed by atoms with Crippen molar-refractivity contribution < 1.29 is 13.9 Å². The highest BCUT2D eigenvalue weighted by Gasteiger charge is 2.49. The zero-order valence-electron chi connectivity index (χ0n) is 13.4. The Balaban J connectivity index is 1.83. The molecule has 124 valence electrons. The summed E-state index contributed by atoms with van der Waals surface area (Å²) in [5.41, 5.74) is 0.961. The monoisotopic (exact) mass is 344 g/mol. The van der Waals surface area contributed by atoms with Gasteiger partial charge in [0.05, 0.1) is 13.2 Å². The molecule has 2 aromatic carbocycles. The van der Waals surface area contributed by atoms with Crippen LogP contribution in [0.3, 0.4) is 0 Å². The van der Waals surface area contributed by atoms with Gasteiger partial charge in [-0.05, 0) is 43.4 Å². The third-order valence-corrected chi connectivity index (χ3v) is 4.85. The molecule has 0 radical (unpaired) electrons. The van der Waals surface area contributed by atoms with Crippen LogP contribution in [0.1, 0.15) is 24.9 Å². The summed E-state index contributed by atoms with van der Waals surface area (Å²) in [6.45, 7) is 1.97. The number of nitrogens with one attached hydrogen (secondary N) is 1. The number of methoxy groups -OCH3 is 1. The number of thiocarbonyl (C=S) groups is 1. The number of halogens is 1. The van der Waals surface area contributed by atoms with Gasteiger partial charge in [0.15, 0.2) is 22.3 Å². The predicted molar refractivity (Wildman–Crippen MR) is 94.0 cm³/mol. The van der Waals surface area contributed by atoms with E-state index in [1.54, 1.807) is 13.2 Å². The second-order valence-corrected chi connectivity index (χ2v) is 6.56. The van der Waals surface area contributed by atoms with Gasteiger partial charge in [0.2, 0.25) is 0 Å². The highest BCUT2D eigenvalue weighted by atomic mass is 32.1. The Kier molecular flexibility index (Phi) is 3.38. The fourth-order valence-electron chi connectivity index (χ4n) is 3.53. The van der Waals surface area contributed by atoms with Crippen molar-refractivity contribution in [3.8, 4) is 11.5 Å². The average molecular weight is 344 g/mol. The minimum Gasteiger partial charge on any atom is -0.493 e. The highest BCUT2D eigenvalue weighted by Crippen LogP contribution is 2.48. The first-order chi connectivity index (χ1) is 11.5. The van der Waals surface area contributed by atoms with Crippen molar-refractivity contribution in [2.75, 3.05) is 12.0 Å². The van der Waals surface area contributed by atoms with Gasteiger partial charge in [0.25, 0.3) is 0 Å². The summed E-state index contributed by atoms with van der Waals surface area (Å²) in [7, 11) is 1.62. The molecule has 24 heavy (non-hydrogen) atoms. The Labute approximate surface area is 145 Å². The lowest BCUT2D eigenvalue weighted by molar-refractivity contribution is 0.0464. The summed E-state index contributed by atoms with van der Waals surface area (Å²) in [5.74, 6) is 1.07. The van der Waals surface area contributed by atoms with Gasteiger partial charge in [-0.3, -0.25) is 4.90 Å². The van der Waals surface area contributed by atoms with Crippen molar-refractivity contribution in [3.63, 3.8) is 0 Å². The molecule has 4 rings (SSSR count). The van der Waals surface area contributed by atoms with Gasteiger partial charge >= 0.3 is 0 Å². The molecular weight excluding hydrogens is 327 g/mol. The SMILES string of the molecule is COc1cccc2c1O[C@@]1(C)C[C@H]2NC(=S)N1c1cccc(F)c1. The molecule has 1 saturated heterocycles. The van der Waals surface area contributed by atoms with Crippen LogP contribution in [0.15, 0.2) is 42.5 Å². The maximum Gasteiger partial charge on any atom is 0.188 e. The van der Waals surface area contributed by atoms with Crippen LogP contribution >= 0.6 is 12.2 Å². The summed E-state index contributed by atoms with van der Waals surface area (Å²) in [4.78, 5) is 1.83. The van der Waals surface area contributed by atoms with Crippen LogP contribution in [0.2, 0.25) is 0 Å². The second kappa shape index (κ2) is 5.34. The number of benzene rings is 2. The van der Waals surface area contributed by atoms with Crippen LogP contribution < -0.4 is 19.7 Å². The summed E-state index contributed by atoms with van der Waals surface area (Å²) in [6, 6.07) is 12.2. The number of fused-ring (bicyclic) bond motifs is 4. The number of nitrogens with zero attached hydrogens (tertiary/aromatic N) is 1. The summed E-state index contributed by atoms with van der Waals surface area (Å²) in [6.07, 6.45) is 0.684. The van der Waals surface area contributed by atoms with E-state index in [2.05, 4.69) is 5.32 Å². The van der Waals surface area contributed by atoms with Crippen LogP contribution in [0.25, 0.3) is 0 Å². The third-order valence-electron chi connectivity index (χ3n) is 4.55. The lowest BCUT2D eigenvalue weighted by Gasteiger charge is -2.52. The summed E-state index contributed by atoms with van der Waals surface area (Å²) >= 11 is 5.55. The topological polar surface area (TPSA) is 33.7 Å². The Hall–Kier alpha value is -2.34. The Morgan fingerprint density at radius 1 is 1.33 bits per heavy atom. The molecule has 0 unspecified atom stereocenters. The molecule has 2 aromatic rings. The molecule has 2 atom stereocenters. The zero-order chi connectivity index (χ0) is 16.9. The predicted octanol–water partition coefficient (Wildman–Crippen LogP) is 3.77. The number of hydrogen-bond acceptors (Lipinski definition) is 3. The first-order valence-corrected chi connectivity index (χ1v) is 8.15. The molecule has 0 aromatic heterocycles. The van der Waals surface area contributed by atoms with Crippen molar-refractivity contribution >= 4 is 23.0 Å². The van der Waals surface area contributed by atoms with Crippen molar-refractivity contribution in [1.82, 2.24) is 5.32 Å². The van der Waals surface area contributed by atoms with Gasteiger partial charge in [0, 0.05) is 17.7 Å². The normalized spacial score (nSPS) is 24.7. The van der Waals surface area contributed by atoms with Crippen LogP contribution in [0, 0.1) is 5.82 Å². The van der Waals surface area contributed by atoms with E-state index in [1.807, 2.05) is 36.1 Å². The van der Waals surface area contributed by atoms with Crippen molar-refractivity contribution in [2.45, 2.75) is 25.1 Å². The maximum atomic E-state index is 13.7. The van der Waals surface area contributed by atoms with E-state index in [4.69, 9.17) is 21.7 Å². The van der Waals surface area contributed by atoms with Gasteiger partial charge in [-0.2, -0.15) is 0 Å². The molecule has 0 saturated carbocycles. The van der Waals surface area contributed by atoms with Crippen molar-refractivity contribution in [2.24, 2.45) is 0 Å². The molecule has 2 heterocycles. The van der Waals surface area contributed by atoms with Gasteiger partial charge in [-0.15, -0.1) is 0 Å². The standard InChI is InChI=1S/C18H17FN2O2S/c1-18-10-14(13-7-4-8-15(22-2)16(13)23-18)20-17(24)21(18)12-6-3-5-11(19)9-12/h3-9,14H,10H2,1-2H3,(H,20,24)/t14-,18+/m1/s1. The molecule has 4 nitrogen and oxygen atoms in total. The summed E-state index contributed by atoms with van der Waals surface area (Å²) in [5, 5.41) is 3.87. The number of anilines is 1.